The molecule has 0 radical (unpaired) electrons. The van der Waals surface area contributed by atoms with Crippen LogP contribution >= 0.6 is 11.8 Å². The Hall–Kier alpha value is -2.34. The molecule has 3 aromatic rings. The summed E-state index contributed by atoms with van der Waals surface area (Å²) < 4.78 is 0. The van der Waals surface area contributed by atoms with Crippen molar-refractivity contribution >= 4 is 34.3 Å². The molecule has 2 aromatic heterocycles. The van der Waals surface area contributed by atoms with Gasteiger partial charge in [0, 0.05) is 41.3 Å². The summed E-state index contributed by atoms with van der Waals surface area (Å²) >= 11 is 1.61. The molecular formula is C17H16N4OS. The van der Waals surface area contributed by atoms with E-state index in [1.807, 2.05) is 36.7 Å². The maximum atomic E-state index is 12.2. The molecule has 1 aliphatic rings. The largest absolute Gasteiger partial charge is 0.356 e. The van der Waals surface area contributed by atoms with Crippen LogP contribution < -0.4 is 5.32 Å². The summed E-state index contributed by atoms with van der Waals surface area (Å²) in [5, 5.41) is 4.81. The van der Waals surface area contributed by atoms with Crippen molar-refractivity contribution in [1.29, 1.82) is 0 Å². The number of amides is 1. The normalized spacial score (nSPS) is 17.1. The van der Waals surface area contributed by atoms with E-state index in [4.69, 9.17) is 0 Å². The number of carbonyl (C=O) groups excluding carboxylic acids is 1. The second kappa shape index (κ2) is 5.70. The monoisotopic (exact) mass is 324 g/mol. The van der Waals surface area contributed by atoms with E-state index in [1.165, 1.54) is 0 Å². The Morgan fingerprint density at radius 1 is 1.26 bits per heavy atom. The molecule has 0 spiro atoms. The van der Waals surface area contributed by atoms with Gasteiger partial charge in [-0.15, -0.1) is 0 Å². The van der Waals surface area contributed by atoms with Gasteiger partial charge in [-0.25, -0.2) is 9.97 Å². The number of nitrogens with one attached hydrogen (secondary N) is 2. The predicted octanol–water partition coefficient (Wildman–Crippen LogP) is 3.54. The first-order valence-electron chi connectivity index (χ1n) is 7.61. The Morgan fingerprint density at radius 2 is 2.04 bits per heavy atom. The topological polar surface area (TPSA) is 70.7 Å². The van der Waals surface area contributed by atoms with Crippen LogP contribution in [0.15, 0.2) is 41.8 Å². The minimum absolute atomic E-state index is 0.0271. The molecule has 23 heavy (non-hydrogen) atoms. The number of nitrogens with zero attached hydrogens (tertiary/aromatic N) is 2. The van der Waals surface area contributed by atoms with Crippen molar-refractivity contribution in [2.75, 3.05) is 11.1 Å². The number of hydrogen-bond acceptors (Lipinski definition) is 4. The van der Waals surface area contributed by atoms with Crippen LogP contribution in [0.2, 0.25) is 0 Å². The minimum atomic E-state index is -0.0353. The molecule has 3 heterocycles. The maximum absolute atomic E-state index is 12.2. The quantitative estimate of drug-likeness (QED) is 0.571. The molecule has 0 bridgehead atoms. The number of benzene rings is 1. The number of H-pyrrole nitrogens is 1. The molecule has 1 atom stereocenters. The first-order valence-corrected chi connectivity index (χ1v) is 8.60. The van der Waals surface area contributed by atoms with Crippen LogP contribution in [0.1, 0.15) is 30.5 Å². The van der Waals surface area contributed by atoms with Gasteiger partial charge in [-0.2, -0.15) is 0 Å². The van der Waals surface area contributed by atoms with Crippen LogP contribution in [0, 0.1) is 0 Å². The van der Waals surface area contributed by atoms with Gasteiger partial charge in [0.25, 0.3) is 0 Å². The molecule has 1 amide bonds. The zero-order valence-corrected chi connectivity index (χ0v) is 13.5. The van der Waals surface area contributed by atoms with Crippen LogP contribution in [0.5, 0.6) is 0 Å². The smallest absolute Gasteiger partial charge is 0.225 e. The van der Waals surface area contributed by atoms with E-state index in [9.17, 15) is 4.79 Å². The third-order valence-corrected chi connectivity index (χ3v) is 4.82. The fraction of sp³-hybridized carbons (Fsp3) is 0.235. The Bertz CT molecular complexity index is 872. The van der Waals surface area contributed by atoms with Crippen LogP contribution in [0.3, 0.4) is 0 Å². The lowest BCUT2D eigenvalue weighted by Crippen LogP contribution is -2.23. The van der Waals surface area contributed by atoms with Crippen molar-refractivity contribution in [3.63, 3.8) is 0 Å². The lowest BCUT2D eigenvalue weighted by molar-refractivity contribution is -0.116. The summed E-state index contributed by atoms with van der Waals surface area (Å²) in [4.78, 5) is 24.4. The zero-order valence-electron chi connectivity index (χ0n) is 12.7. The first kappa shape index (κ1) is 14.3. The van der Waals surface area contributed by atoms with E-state index >= 15 is 0 Å². The summed E-state index contributed by atoms with van der Waals surface area (Å²) in [6.45, 7) is 2.07. The van der Waals surface area contributed by atoms with Gasteiger partial charge in [0.1, 0.15) is 0 Å². The van der Waals surface area contributed by atoms with E-state index < -0.39 is 0 Å². The van der Waals surface area contributed by atoms with Crippen LogP contribution in [0.4, 0.5) is 5.69 Å². The van der Waals surface area contributed by atoms with Crippen molar-refractivity contribution in [3.05, 3.63) is 47.9 Å². The fourth-order valence-corrected chi connectivity index (χ4v) is 3.54. The molecule has 1 aromatic carbocycles. The summed E-state index contributed by atoms with van der Waals surface area (Å²) in [7, 11) is 0. The van der Waals surface area contributed by atoms with E-state index in [-0.39, 0.29) is 11.8 Å². The van der Waals surface area contributed by atoms with Crippen molar-refractivity contribution < 1.29 is 4.79 Å². The van der Waals surface area contributed by atoms with Gasteiger partial charge in [0.2, 0.25) is 5.91 Å². The molecule has 2 N–H and O–H groups in total. The highest BCUT2D eigenvalue weighted by Crippen LogP contribution is 2.40. The standard InChI is InChI=1S/C17H16N4OS/c1-2-23-17-18-8-10(9-19-17)12-7-14(22)21-15-11-5-3-4-6-13(11)20-16(12)15/h3-6,8-9,12,20H,2,7H2,1H3,(H,21,22). The molecule has 116 valence electrons. The van der Waals surface area contributed by atoms with Crippen LogP contribution in [0.25, 0.3) is 10.9 Å². The van der Waals surface area contributed by atoms with Gasteiger partial charge in [-0.3, -0.25) is 4.79 Å². The molecule has 0 saturated carbocycles. The maximum Gasteiger partial charge on any atom is 0.225 e. The second-order valence-electron chi connectivity index (χ2n) is 5.50. The molecule has 6 heteroatoms. The van der Waals surface area contributed by atoms with E-state index in [2.05, 4.69) is 27.2 Å². The lowest BCUT2D eigenvalue weighted by Gasteiger charge is -2.22. The van der Waals surface area contributed by atoms with Gasteiger partial charge in [0.05, 0.1) is 5.69 Å². The van der Waals surface area contributed by atoms with E-state index in [0.29, 0.717) is 6.42 Å². The van der Waals surface area contributed by atoms with Gasteiger partial charge in [-0.1, -0.05) is 36.9 Å². The van der Waals surface area contributed by atoms with E-state index in [0.717, 1.165) is 38.8 Å². The number of thioether (sulfide) groups is 1. The number of fused-ring (bicyclic) bond motifs is 3. The van der Waals surface area contributed by atoms with E-state index in [1.54, 1.807) is 11.8 Å². The second-order valence-corrected chi connectivity index (χ2v) is 6.73. The molecule has 1 aliphatic heterocycles. The fourth-order valence-electron chi connectivity index (χ4n) is 3.03. The Morgan fingerprint density at radius 3 is 2.83 bits per heavy atom. The summed E-state index contributed by atoms with van der Waals surface area (Å²) in [6.07, 6.45) is 4.08. The highest BCUT2D eigenvalue weighted by molar-refractivity contribution is 7.99. The van der Waals surface area contributed by atoms with Crippen LogP contribution in [-0.2, 0) is 4.79 Å². The first-order chi connectivity index (χ1) is 11.3. The van der Waals surface area contributed by atoms with Crippen molar-refractivity contribution in [1.82, 2.24) is 15.0 Å². The number of anilines is 1. The molecule has 1 unspecified atom stereocenters. The zero-order chi connectivity index (χ0) is 15.8. The van der Waals surface area contributed by atoms with Crippen molar-refractivity contribution in [2.45, 2.75) is 24.4 Å². The van der Waals surface area contributed by atoms with Gasteiger partial charge >= 0.3 is 0 Å². The average Bonchev–Trinajstić information content (AvgIpc) is 2.94. The number of carbonyl (C=O) groups is 1. The molecule has 4 rings (SSSR count). The molecule has 5 nitrogen and oxygen atoms in total. The number of aromatic amines is 1. The van der Waals surface area contributed by atoms with Crippen LogP contribution in [-0.4, -0.2) is 26.6 Å². The van der Waals surface area contributed by atoms with Crippen molar-refractivity contribution in [3.8, 4) is 0 Å². The Kier molecular flexibility index (Phi) is 3.53. The highest BCUT2D eigenvalue weighted by Gasteiger charge is 2.30. The number of aromatic nitrogens is 3. The number of rotatable bonds is 3. The Balaban J connectivity index is 1.79. The summed E-state index contributed by atoms with van der Waals surface area (Å²) in [6, 6.07) is 8.01. The SMILES string of the molecule is CCSc1ncc(C2CC(=O)Nc3c2[nH]c2ccccc32)cn1. The molecule has 0 fully saturated rings. The third-order valence-electron chi connectivity index (χ3n) is 4.06. The number of para-hydroxylation sites is 1. The third kappa shape index (κ3) is 2.49. The number of hydrogen-bond donors (Lipinski definition) is 2. The molecular weight excluding hydrogens is 308 g/mol. The van der Waals surface area contributed by atoms with Gasteiger partial charge < -0.3 is 10.3 Å². The average molecular weight is 324 g/mol. The Labute approximate surface area is 137 Å². The minimum Gasteiger partial charge on any atom is -0.356 e. The molecule has 0 aliphatic carbocycles. The predicted molar refractivity (Wildman–Crippen MR) is 91.8 cm³/mol. The molecule has 0 saturated heterocycles. The summed E-state index contributed by atoms with van der Waals surface area (Å²) in [5.41, 5.74) is 3.91. The van der Waals surface area contributed by atoms with Gasteiger partial charge in [-0.05, 0) is 17.4 Å². The summed E-state index contributed by atoms with van der Waals surface area (Å²) in [5.74, 6) is 0.934. The van der Waals surface area contributed by atoms with Crippen molar-refractivity contribution in [2.24, 2.45) is 0 Å². The lowest BCUT2D eigenvalue weighted by atomic mass is 9.90. The highest BCUT2D eigenvalue weighted by atomic mass is 32.2. The van der Waals surface area contributed by atoms with Gasteiger partial charge in [0.15, 0.2) is 5.16 Å².